The smallest absolute Gasteiger partial charge is 0.412 e. The van der Waals surface area contributed by atoms with Gasteiger partial charge >= 0.3 is 6.09 Å². The predicted octanol–water partition coefficient (Wildman–Crippen LogP) is 2.81. The summed E-state index contributed by atoms with van der Waals surface area (Å²) >= 11 is 0. The van der Waals surface area contributed by atoms with Gasteiger partial charge in [0.2, 0.25) is 0 Å². The molecular weight excluding hydrogens is 166 g/mol. The van der Waals surface area contributed by atoms with E-state index >= 15 is 0 Å². The van der Waals surface area contributed by atoms with E-state index in [2.05, 4.69) is 5.32 Å². The van der Waals surface area contributed by atoms with Gasteiger partial charge in [-0.2, -0.15) is 0 Å². The highest BCUT2D eigenvalue weighted by Crippen LogP contribution is 2.05. The van der Waals surface area contributed by atoms with E-state index in [9.17, 15) is 4.79 Å². The van der Waals surface area contributed by atoms with Crippen LogP contribution in [-0.4, -0.2) is 6.09 Å². The van der Waals surface area contributed by atoms with Crippen molar-refractivity contribution in [2.75, 3.05) is 5.32 Å². The molecule has 0 spiro atoms. The molecule has 1 aromatic rings. The molecule has 0 aliphatic carbocycles. The van der Waals surface area contributed by atoms with Gasteiger partial charge in [-0.3, -0.25) is 5.32 Å². The van der Waals surface area contributed by atoms with E-state index in [4.69, 9.17) is 4.74 Å². The minimum atomic E-state index is -0.451. The van der Waals surface area contributed by atoms with Crippen molar-refractivity contribution in [1.82, 2.24) is 0 Å². The molecule has 1 amide bonds. The van der Waals surface area contributed by atoms with Crippen molar-refractivity contribution in [2.24, 2.45) is 0 Å². The van der Waals surface area contributed by atoms with Crippen molar-refractivity contribution >= 4 is 11.8 Å². The summed E-state index contributed by atoms with van der Waals surface area (Å²) in [6.45, 7) is 3.36. The molecule has 0 saturated heterocycles. The van der Waals surface area contributed by atoms with Crippen LogP contribution in [0.4, 0.5) is 10.5 Å². The van der Waals surface area contributed by atoms with Crippen LogP contribution < -0.4 is 5.32 Å². The van der Waals surface area contributed by atoms with Crippen molar-refractivity contribution in [1.29, 1.82) is 0 Å². The third kappa shape index (κ3) is 3.60. The number of hydrogen-bond donors (Lipinski definition) is 1. The fraction of sp³-hybridized carbons (Fsp3) is 0.200. The fourth-order valence-electron chi connectivity index (χ4n) is 0.828. The van der Waals surface area contributed by atoms with Crippen LogP contribution in [0.2, 0.25) is 0 Å². The van der Waals surface area contributed by atoms with Gasteiger partial charge in [-0.05, 0) is 18.6 Å². The van der Waals surface area contributed by atoms with Crippen LogP contribution in [0.5, 0.6) is 0 Å². The summed E-state index contributed by atoms with van der Waals surface area (Å²) in [6, 6.07) is 9.17. The predicted molar refractivity (Wildman–Crippen MR) is 51.1 cm³/mol. The first kappa shape index (κ1) is 9.58. The number of ether oxygens (including phenoxy) is 1. The summed E-state index contributed by atoms with van der Waals surface area (Å²) in [5.41, 5.74) is 0.733. The molecular formula is C10H12NO2. The first-order chi connectivity index (χ1) is 6.33. The number of carbonyl (C=O) groups excluding carboxylic acids is 1. The molecule has 1 radical (unpaired) electrons. The van der Waals surface area contributed by atoms with Crippen LogP contribution in [0, 0.1) is 6.61 Å². The van der Waals surface area contributed by atoms with Gasteiger partial charge in [0.25, 0.3) is 0 Å². The average Bonchev–Trinajstić information content (AvgIpc) is 2.16. The molecule has 1 N–H and O–H groups in total. The Morgan fingerprint density at radius 1 is 1.46 bits per heavy atom. The van der Waals surface area contributed by atoms with Crippen LogP contribution in [-0.2, 0) is 4.74 Å². The number of hydrogen-bond acceptors (Lipinski definition) is 2. The highest BCUT2D eigenvalue weighted by molar-refractivity contribution is 5.84. The summed E-state index contributed by atoms with van der Waals surface area (Å²) < 4.78 is 4.72. The van der Waals surface area contributed by atoms with E-state index in [1.807, 2.05) is 25.1 Å². The molecule has 1 aromatic carbocycles. The number of carbonyl (C=O) groups is 1. The minimum absolute atomic E-state index is 0.451. The Kier molecular flexibility index (Phi) is 3.82. The summed E-state index contributed by atoms with van der Waals surface area (Å²) in [7, 11) is 0. The Labute approximate surface area is 77.7 Å². The molecule has 0 fully saturated rings. The third-order valence-corrected chi connectivity index (χ3v) is 1.38. The number of benzene rings is 1. The maximum Gasteiger partial charge on any atom is 0.412 e. The SMILES string of the molecule is CC[CH]OC(=O)Nc1ccccc1. The number of amides is 1. The summed E-state index contributed by atoms with van der Waals surface area (Å²) in [5.74, 6) is 0. The van der Waals surface area contributed by atoms with Crippen LogP contribution in [0.3, 0.4) is 0 Å². The molecule has 13 heavy (non-hydrogen) atoms. The van der Waals surface area contributed by atoms with Crippen molar-refractivity contribution < 1.29 is 9.53 Å². The second-order valence-corrected chi connectivity index (χ2v) is 2.47. The lowest BCUT2D eigenvalue weighted by atomic mass is 10.3. The maximum absolute atomic E-state index is 11.0. The highest BCUT2D eigenvalue weighted by Gasteiger charge is 2.00. The lowest BCUT2D eigenvalue weighted by molar-refractivity contribution is 0.185. The zero-order valence-electron chi connectivity index (χ0n) is 7.49. The number of nitrogens with one attached hydrogen (secondary N) is 1. The molecule has 0 atom stereocenters. The van der Waals surface area contributed by atoms with Crippen molar-refractivity contribution in [2.45, 2.75) is 13.3 Å². The summed E-state index contributed by atoms with van der Waals surface area (Å²) in [5, 5.41) is 2.58. The maximum atomic E-state index is 11.0. The Morgan fingerprint density at radius 2 is 2.15 bits per heavy atom. The van der Waals surface area contributed by atoms with Gasteiger partial charge in [0, 0.05) is 5.69 Å². The minimum Gasteiger partial charge on any atom is -0.442 e. The van der Waals surface area contributed by atoms with Crippen LogP contribution in [0.1, 0.15) is 13.3 Å². The normalized spacial score (nSPS) is 9.31. The standard InChI is InChI=1S/C10H12NO2/c1-2-8-13-10(12)11-9-6-4-3-5-7-9/h3-8H,2H2,1H3,(H,11,12). The van der Waals surface area contributed by atoms with Gasteiger partial charge in [-0.25, -0.2) is 4.79 Å². The monoisotopic (exact) mass is 178 g/mol. The third-order valence-electron chi connectivity index (χ3n) is 1.38. The Balaban J connectivity index is 2.37. The van der Waals surface area contributed by atoms with Gasteiger partial charge in [0.05, 0.1) is 0 Å². The Bertz CT molecular complexity index is 259. The van der Waals surface area contributed by atoms with E-state index in [-0.39, 0.29) is 0 Å². The molecule has 0 heterocycles. The Hall–Kier alpha value is -1.51. The van der Waals surface area contributed by atoms with Gasteiger partial charge < -0.3 is 4.74 Å². The highest BCUT2D eigenvalue weighted by atomic mass is 16.5. The van der Waals surface area contributed by atoms with Crippen molar-refractivity contribution in [3.05, 3.63) is 36.9 Å². The van der Waals surface area contributed by atoms with Crippen LogP contribution in [0.25, 0.3) is 0 Å². The van der Waals surface area contributed by atoms with E-state index in [1.165, 1.54) is 6.61 Å². The zero-order chi connectivity index (χ0) is 9.52. The molecule has 1 rings (SSSR count). The van der Waals surface area contributed by atoms with Crippen molar-refractivity contribution in [3.63, 3.8) is 0 Å². The largest absolute Gasteiger partial charge is 0.442 e. The quantitative estimate of drug-likeness (QED) is 0.772. The first-order valence-corrected chi connectivity index (χ1v) is 4.17. The second-order valence-electron chi connectivity index (χ2n) is 2.47. The van der Waals surface area contributed by atoms with E-state index in [1.54, 1.807) is 12.1 Å². The van der Waals surface area contributed by atoms with E-state index in [0.29, 0.717) is 6.42 Å². The zero-order valence-corrected chi connectivity index (χ0v) is 7.49. The second kappa shape index (κ2) is 5.19. The molecule has 3 heteroatoms. The molecule has 3 nitrogen and oxygen atoms in total. The van der Waals surface area contributed by atoms with Crippen LogP contribution >= 0.6 is 0 Å². The molecule has 0 unspecified atom stereocenters. The summed E-state index contributed by atoms with van der Waals surface area (Å²) in [4.78, 5) is 11.0. The topological polar surface area (TPSA) is 38.3 Å². The first-order valence-electron chi connectivity index (χ1n) is 4.17. The molecule has 0 aliphatic heterocycles. The molecule has 0 saturated carbocycles. The molecule has 69 valence electrons. The van der Waals surface area contributed by atoms with Gasteiger partial charge in [-0.15, -0.1) is 0 Å². The number of rotatable bonds is 3. The number of para-hydroxylation sites is 1. The van der Waals surface area contributed by atoms with Crippen molar-refractivity contribution in [3.8, 4) is 0 Å². The average molecular weight is 178 g/mol. The Morgan fingerprint density at radius 3 is 2.77 bits per heavy atom. The fourth-order valence-corrected chi connectivity index (χ4v) is 0.828. The van der Waals surface area contributed by atoms with Gasteiger partial charge in [0.1, 0.15) is 6.61 Å². The molecule has 0 bridgehead atoms. The molecule has 0 aromatic heterocycles. The van der Waals surface area contributed by atoms with Gasteiger partial charge in [-0.1, -0.05) is 25.1 Å². The lowest BCUT2D eigenvalue weighted by Crippen LogP contribution is -2.11. The summed E-state index contributed by atoms with van der Waals surface area (Å²) in [6.07, 6.45) is 0.260. The van der Waals surface area contributed by atoms with Gasteiger partial charge in [0.15, 0.2) is 0 Å². The van der Waals surface area contributed by atoms with E-state index < -0.39 is 6.09 Å². The van der Waals surface area contributed by atoms with E-state index in [0.717, 1.165) is 5.69 Å². The number of anilines is 1. The lowest BCUT2D eigenvalue weighted by Gasteiger charge is -2.04. The van der Waals surface area contributed by atoms with Crippen LogP contribution in [0.15, 0.2) is 30.3 Å². The molecule has 0 aliphatic rings.